The van der Waals surface area contributed by atoms with Gasteiger partial charge in [-0.05, 0) is 117 Å². The summed E-state index contributed by atoms with van der Waals surface area (Å²) >= 11 is 0. The molecule has 0 N–H and O–H groups in total. The summed E-state index contributed by atoms with van der Waals surface area (Å²) in [7, 11) is 0. The fraction of sp³-hybridized carbons (Fsp3) is 0.704. The lowest BCUT2D eigenvalue weighted by Crippen LogP contribution is -2.41. The monoisotopic (exact) mass is 400 g/mol. The fourth-order valence-electron chi connectivity index (χ4n) is 7.15. The van der Waals surface area contributed by atoms with E-state index < -0.39 is 11.6 Å². The molecule has 0 aliphatic heterocycles. The predicted molar refractivity (Wildman–Crippen MR) is 117 cm³/mol. The van der Waals surface area contributed by atoms with Gasteiger partial charge < -0.3 is 0 Å². The SMILES string of the molecule is C=CC[C@H]1CC[C@H]([C@H]2CC[C@](c3ccc(F)c(F)c3)(C3CCCCC3)CC2)CC1. The van der Waals surface area contributed by atoms with Crippen molar-refractivity contribution in [1.29, 1.82) is 0 Å². The molecule has 0 amide bonds. The van der Waals surface area contributed by atoms with Crippen LogP contribution in [0.1, 0.15) is 95.5 Å². The third kappa shape index (κ3) is 4.47. The van der Waals surface area contributed by atoms with Crippen LogP contribution < -0.4 is 0 Å². The van der Waals surface area contributed by atoms with Gasteiger partial charge in [0.15, 0.2) is 11.6 Å². The molecular formula is C27H38F2. The minimum atomic E-state index is -0.711. The second-order valence-electron chi connectivity index (χ2n) is 10.3. The van der Waals surface area contributed by atoms with Crippen molar-refractivity contribution < 1.29 is 8.78 Å². The molecule has 0 atom stereocenters. The Hall–Kier alpha value is -1.18. The Morgan fingerprint density at radius 1 is 0.828 bits per heavy atom. The molecule has 0 heterocycles. The van der Waals surface area contributed by atoms with Crippen molar-refractivity contribution in [3.05, 3.63) is 48.1 Å². The van der Waals surface area contributed by atoms with Gasteiger partial charge in [-0.25, -0.2) is 8.78 Å². The topological polar surface area (TPSA) is 0 Å². The fourth-order valence-corrected chi connectivity index (χ4v) is 7.15. The molecule has 3 aliphatic carbocycles. The molecule has 1 aromatic carbocycles. The van der Waals surface area contributed by atoms with Gasteiger partial charge >= 0.3 is 0 Å². The molecule has 3 fully saturated rings. The van der Waals surface area contributed by atoms with Crippen molar-refractivity contribution in [3.63, 3.8) is 0 Å². The van der Waals surface area contributed by atoms with Crippen LogP contribution in [-0.4, -0.2) is 0 Å². The highest BCUT2D eigenvalue weighted by Crippen LogP contribution is 2.53. The Morgan fingerprint density at radius 3 is 2.10 bits per heavy atom. The molecule has 0 bridgehead atoms. The van der Waals surface area contributed by atoms with Crippen molar-refractivity contribution in [1.82, 2.24) is 0 Å². The maximum absolute atomic E-state index is 14.2. The molecule has 3 saturated carbocycles. The van der Waals surface area contributed by atoms with E-state index in [4.69, 9.17) is 0 Å². The quantitative estimate of drug-likeness (QED) is 0.436. The van der Waals surface area contributed by atoms with E-state index in [1.54, 1.807) is 0 Å². The molecular weight excluding hydrogens is 362 g/mol. The molecule has 0 radical (unpaired) electrons. The number of hydrogen-bond donors (Lipinski definition) is 0. The van der Waals surface area contributed by atoms with Crippen molar-refractivity contribution in [2.45, 2.75) is 95.3 Å². The third-order valence-electron chi connectivity index (χ3n) is 8.86. The molecule has 0 spiro atoms. The highest BCUT2D eigenvalue weighted by Gasteiger charge is 2.45. The Bertz CT molecular complexity index is 672. The van der Waals surface area contributed by atoms with Crippen LogP contribution in [0.2, 0.25) is 0 Å². The largest absolute Gasteiger partial charge is 0.204 e. The van der Waals surface area contributed by atoms with Crippen LogP contribution in [0.25, 0.3) is 0 Å². The van der Waals surface area contributed by atoms with Crippen LogP contribution in [0.15, 0.2) is 30.9 Å². The van der Waals surface area contributed by atoms with E-state index in [0.29, 0.717) is 5.92 Å². The Kier molecular flexibility index (Phi) is 6.76. The van der Waals surface area contributed by atoms with Gasteiger partial charge in [-0.1, -0.05) is 31.4 Å². The third-order valence-corrected chi connectivity index (χ3v) is 8.86. The molecule has 0 aromatic heterocycles. The van der Waals surface area contributed by atoms with Gasteiger partial charge in [0.1, 0.15) is 0 Å². The van der Waals surface area contributed by atoms with Crippen LogP contribution >= 0.6 is 0 Å². The highest BCUT2D eigenvalue weighted by atomic mass is 19.2. The van der Waals surface area contributed by atoms with Gasteiger partial charge in [-0.15, -0.1) is 6.58 Å². The molecule has 29 heavy (non-hydrogen) atoms. The van der Waals surface area contributed by atoms with E-state index in [1.165, 1.54) is 102 Å². The number of benzene rings is 1. The van der Waals surface area contributed by atoms with E-state index in [-0.39, 0.29) is 5.41 Å². The molecule has 160 valence electrons. The first-order valence-electron chi connectivity index (χ1n) is 12.2. The number of hydrogen-bond acceptors (Lipinski definition) is 0. The van der Waals surface area contributed by atoms with Crippen molar-refractivity contribution in [2.75, 3.05) is 0 Å². The van der Waals surface area contributed by atoms with Crippen LogP contribution in [0.3, 0.4) is 0 Å². The maximum atomic E-state index is 14.2. The Balaban J connectivity index is 1.48. The minimum absolute atomic E-state index is 0.0749. The lowest BCUT2D eigenvalue weighted by Gasteiger charge is -2.49. The van der Waals surface area contributed by atoms with Gasteiger partial charge in [0, 0.05) is 0 Å². The first kappa shape index (κ1) is 21.1. The summed E-state index contributed by atoms with van der Waals surface area (Å²) in [5.74, 6) is 1.84. The summed E-state index contributed by atoms with van der Waals surface area (Å²) in [5.41, 5.74) is 1.15. The highest BCUT2D eigenvalue weighted by molar-refractivity contribution is 5.29. The van der Waals surface area contributed by atoms with Crippen LogP contribution in [0.4, 0.5) is 8.78 Å². The number of halogens is 2. The number of rotatable bonds is 5. The summed E-state index contributed by atoms with van der Waals surface area (Å²) in [5, 5.41) is 0. The zero-order valence-corrected chi connectivity index (χ0v) is 18.0. The van der Waals surface area contributed by atoms with Crippen molar-refractivity contribution in [2.24, 2.45) is 23.7 Å². The van der Waals surface area contributed by atoms with Crippen LogP contribution in [0.5, 0.6) is 0 Å². The summed E-state index contributed by atoms with van der Waals surface area (Å²) < 4.78 is 27.8. The van der Waals surface area contributed by atoms with Gasteiger partial charge in [0.25, 0.3) is 0 Å². The molecule has 0 saturated heterocycles. The predicted octanol–water partition coefficient (Wildman–Crippen LogP) is 8.36. The van der Waals surface area contributed by atoms with Gasteiger partial charge in [-0.3, -0.25) is 0 Å². The zero-order chi connectivity index (χ0) is 20.3. The Morgan fingerprint density at radius 2 is 1.48 bits per heavy atom. The van der Waals surface area contributed by atoms with E-state index in [1.807, 2.05) is 6.07 Å². The summed E-state index contributed by atoms with van der Waals surface area (Å²) in [6, 6.07) is 4.79. The summed E-state index contributed by atoms with van der Waals surface area (Å²) in [4.78, 5) is 0. The smallest absolute Gasteiger partial charge is 0.159 e. The van der Waals surface area contributed by atoms with E-state index >= 15 is 0 Å². The maximum Gasteiger partial charge on any atom is 0.159 e. The Labute approximate surface area is 176 Å². The minimum Gasteiger partial charge on any atom is -0.204 e. The van der Waals surface area contributed by atoms with Gasteiger partial charge in [-0.2, -0.15) is 0 Å². The first-order chi connectivity index (χ1) is 14.1. The van der Waals surface area contributed by atoms with Crippen LogP contribution in [-0.2, 0) is 5.41 Å². The van der Waals surface area contributed by atoms with E-state index in [2.05, 4.69) is 12.7 Å². The molecule has 4 rings (SSSR count). The zero-order valence-electron chi connectivity index (χ0n) is 18.0. The average molecular weight is 401 g/mol. The molecule has 0 unspecified atom stereocenters. The molecule has 2 heteroatoms. The second kappa shape index (κ2) is 9.31. The van der Waals surface area contributed by atoms with Crippen LogP contribution in [0, 0.1) is 35.3 Å². The van der Waals surface area contributed by atoms with Gasteiger partial charge in [0.2, 0.25) is 0 Å². The van der Waals surface area contributed by atoms with E-state index in [0.717, 1.165) is 23.3 Å². The first-order valence-corrected chi connectivity index (χ1v) is 12.2. The van der Waals surface area contributed by atoms with E-state index in [9.17, 15) is 8.78 Å². The van der Waals surface area contributed by atoms with Crippen molar-refractivity contribution >= 4 is 0 Å². The average Bonchev–Trinajstić information content (AvgIpc) is 2.77. The standard InChI is InChI=1S/C27H38F2/c1-2-6-20-9-11-21(12-10-20)22-15-17-27(18-16-22,23-7-4-3-5-8-23)24-13-14-25(28)26(29)19-24/h2,13-14,19-23H,1,3-12,15-18H2/t20-,21-,22-,27+. The summed E-state index contributed by atoms with van der Waals surface area (Å²) in [6.07, 6.45) is 20.1. The lowest BCUT2D eigenvalue weighted by atomic mass is 9.55. The van der Waals surface area contributed by atoms with Crippen molar-refractivity contribution in [3.8, 4) is 0 Å². The summed E-state index contributed by atoms with van der Waals surface area (Å²) in [6.45, 7) is 3.91. The molecule has 3 aliphatic rings. The number of allylic oxidation sites excluding steroid dienone is 1. The molecule has 0 nitrogen and oxygen atoms in total. The second-order valence-corrected chi connectivity index (χ2v) is 10.3. The molecule has 1 aromatic rings. The normalized spacial score (nSPS) is 34.1. The van der Waals surface area contributed by atoms with Gasteiger partial charge in [0.05, 0.1) is 0 Å². The lowest BCUT2D eigenvalue weighted by molar-refractivity contribution is 0.0852.